The molecule has 6 nitrogen and oxygen atoms in total. The smallest absolute Gasteiger partial charge is 0.347 e. The van der Waals surface area contributed by atoms with Gasteiger partial charge in [-0.1, -0.05) is 32.9 Å². The molecule has 0 bridgehead atoms. The van der Waals surface area contributed by atoms with E-state index in [0.717, 1.165) is 10.7 Å². The summed E-state index contributed by atoms with van der Waals surface area (Å²) >= 11 is 0. The number of benzene rings is 1. The van der Waals surface area contributed by atoms with Gasteiger partial charge < -0.3 is 10.6 Å². The summed E-state index contributed by atoms with van der Waals surface area (Å²) in [5, 5.41) is 9.04. The van der Waals surface area contributed by atoms with Gasteiger partial charge >= 0.3 is 6.18 Å². The Morgan fingerprint density at radius 3 is 2.37 bits per heavy atom. The summed E-state index contributed by atoms with van der Waals surface area (Å²) in [6.45, 7) is 6.40. The third-order valence-electron chi connectivity index (χ3n) is 3.63. The van der Waals surface area contributed by atoms with Crippen molar-refractivity contribution in [2.24, 2.45) is 5.41 Å². The number of aryl methyl sites for hydroxylation is 1. The number of hydrogen-bond acceptors (Lipinski definition) is 3. The SMILES string of the molecule is Cc1cc(NC(=O)CNC(=O)C(C)(C)C)n(-c2ccccc2C(F)(F)F)n1. The number of carbonyl (C=O) groups excluding carboxylic acids is 2. The third kappa shape index (κ3) is 5.08. The Morgan fingerprint density at radius 1 is 1.15 bits per heavy atom. The second-order valence-corrected chi connectivity index (χ2v) is 7.08. The molecule has 27 heavy (non-hydrogen) atoms. The molecule has 1 aromatic heterocycles. The maximum absolute atomic E-state index is 13.3. The molecular weight excluding hydrogens is 361 g/mol. The fourth-order valence-electron chi connectivity index (χ4n) is 2.28. The predicted octanol–water partition coefficient (Wildman–Crippen LogP) is 3.30. The molecule has 0 fully saturated rings. The first-order valence-electron chi connectivity index (χ1n) is 8.21. The Hall–Kier alpha value is -2.84. The lowest BCUT2D eigenvalue weighted by Crippen LogP contribution is -2.39. The van der Waals surface area contributed by atoms with E-state index >= 15 is 0 Å². The molecular formula is C18H21F3N4O2. The van der Waals surface area contributed by atoms with Crippen molar-refractivity contribution in [3.8, 4) is 5.69 Å². The van der Waals surface area contributed by atoms with Crippen LogP contribution in [0.15, 0.2) is 30.3 Å². The molecule has 2 amide bonds. The molecule has 146 valence electrons. The minimum Gasteiger partial charge on any atom is -0.347 e. The molecule has 0 spiro atoms. The van der Waals surface area contributed by atoms with Crippen LogP contribution in [-0.2, 0) is 15.8 Å². The summed E-state index contributed by atoms with van der Waals surface area (Å²) in [7, 11) is 0. The number of aromatic nitrogens is 2. The molecule has 2 N–H and O–H groups in total. The molecule has 0 saturated carbocycles. The highest BCUT2D eigenvalue weighted by molar-refractivity contribution is 5.94. The Labute approximate surface area is 154 Å². The van der Waals surface area contributed by atoms with Crippen molar-refractivity contribution in [1.82, 2.24) is 15.1 Å². The minimum absolute atomic E-state index is 0.0826. The summed E-state index contributed by atoms with van der Waals surface area (Å²) < 4.78 is 40.9. The molecule has 0 aliphatic rings. The zero-order valence-electron chi connectivity index (χ0n) is 15.4. The van der Waals surface area contributed by atoms with Crippen LogP contribution in [0.5, 0.6) is 0 Å². The summed E-state index contributed by atoms with van der Waals surface area (Å²) in [5.41, 5.74) is -1.30. The van der Waals surface area contributed by atoms with E-state index in [1.165, 1.54) is 24.3 Å². The Bertz CT molecular complexity index is 851. The van der Waals surface area contributed by atoms with Crippen molar-refractivity contribution < 1.29 is 22.8 Å². The first-order valence-corrected chi connectivity index (χ1v) is 8.21. The van der Waals surface area contributed by atoms with Crippen LogP contribution in [0, 0.1) is 12.3 Å². The number of carbonyl (C=O) groups is 2. The minimum atomic E-state index is -4.57. The summed E-state index contributed by atoms with van der Waals surface area (Å²) in [6, 6.07) is 6.41. The summed E-state index contributed by atoms with van der Waals surface area (Å²) in [4.78, 5) is 24.0. The van der Waals surface area contributed by atoms with E-state index in [-0.39, 0.29) is 24.0 Å². The third-order valence-corrected chi connectivity index (χ3v) is 3.63. The first-order chi connectivity index (χ1) is 12.4. The highest BCUT2D eigenvalue weighted by atomic mass is 19.4. The van der Waals surface area contributed by atoms with Crippen molar-refractivity contribution >= 4 is 17.6 Å². The van der Waals surface area contributed by atoms with Gasteiger partial charge in [-0.3, -0.25) is 9.59 Å². The molecule has 0 atom stereocenters. The van der Waals surface area contributed by atoms with Crippen LogP contribution in [0.4, 0.5) is 19.0 Å². The molecule has 9 heteroatoms. The molecule has 1 aromatic carbocycles. The van der Waals surface area contributed by atoms with E-state index < -0.39 is 23.1 Å². The lowest BCUT2D eigenvalue weighted by molar-refractivity contribution is -0.137. The second kappa shape index (κ2) is 7.42. The fourth-order valence-corrected chi connectivity index (χ4v) is 2.28. The Morgan fingerprint density at radius 2 is 1.78 bits per heavy atom. The molecule has 0 radical (unpaired) electrons. The van der Waals surface area contributed by atoms with Gasteiger partial charge in [0.2, 0.25) is 11.8 Å². The maximum Gasteiger partial charge on any atom is 0.418 e. The van der Waals surface area contributed by atoms with E-state index in [2.05, 4.69) is 15.7 Å². The highest BCUT2D eigenvalue weighted by Crippen LogP contribution is 2.34. The largest absolute Gasteiger partial charge is 0.418 e. The van der Waals surface area contributed by atoms with Gasteiger partial charge in [0.1, 0.15) is 5.82 Å². The molecule has 2 aromatic rings. The van der Waals surface area contributed by atoms with Crippen LogP contribution < -0.4 is 10.6 Å². The number of nitrogens with one attached hydrogen (secondary N) is 2. The fraction of sp³-hybridized carbons (Fsp3) is 0.389. The first kappa shape index (κ1) is 20.5. The summed E-state index contributed by atoms with van der Waals surface area (Å²) in [5.74, 6) is -0.804. The van der Waals surface area contributed by atoms with Crippen molar-refractivity contribution in [3.05, 3.63) is 41.6 Å². The number of halogens is 3. The standard InChI is InChI=1S/C18H21F3N4O2/c1-11-9-14(23-15(26)10-22-16(27)17(2,3)4)25(24-11)13-8-6-5-7-12(13)18(19,20)21/h5-9H,10H2,1-4H3,(H,22,27)(H,23,26). The molecule has 0 aliphatic carbocycles. The number of rotatable bonds is 4. The molecule has 0 saturated heterocycles. The molecule has 0 aliphatic heterocycles. The zero-order valence-corrected chi connectivity index (χ0v) is 15.4. The predicted molar refractivity (Wildman–Crippen MR) is 94.4 cm³/mol. The molecule has 0 unspecified atom stereocenters. The van der Waals surface area contributed by atoms with Crippen LogP contribution >= 0.6 is 0 Å². The van der Waals surface area contributed by atoms with Gasteiger partial charge in [-0.05, 0) is 19.1 Å². The van der Waals surface area contributed by atoms with E-state index in [0.29, 0.717) is 5.69 Å². The van der Waals surface area contributed by atoms with E-state index in [1.807, 2.05) is 0 Å². The lowest BCUT2D eigenvalue weighted by atomic mass is 9.96. The van der Waals surface area contributed by atoms with E-state index in [4.69, 9.17) is 0 Å². The number of nitrogens with zero attached hydrogens (tertiary/aromatic N) is 2. The molecule has 2 rings (SSSR count). The average Bonchev–Trinajstić information content (AvgIpc) is 2.91. The normalized spacial score (nSPS) is 12.0. The average molecular weight is 382 g/mol. The van der Waals surface area contributed by atoms with Gasteiger partial charge in [0.15, 0.2) is 0 Å². The number of amides is 2. The van der Waals surface area contributed by atoms with Crippen molar-refractivity contribution in [3.63, 3.8) is 0 Å². The van der Waals surface area contributed by atoms with Gasteiger partial charge in [0.05, 0.1) is 23.5 Å². The van der Waals surface area contributed by atoms with Gasteiger partial charge in [-0.2, -0.15) is 18.3 Å². The van der Waals surface area contributed by atoms with Gasteiger partial charge in [0, 0.05) is 11.5 Å². The monoisotopic (exact) mass is 382 g/mol. The van der Waals surface area contributed by atoms with Gasteiger partial charge in [-0.15, -0.1) is 0 Å². The van der Waals surface area contributed by atoms with Crippen LogP contribution in [0.1, 0.15) is 32.0 Å². The number of anilines is 1. The van der Waals surface area contributed by atoms with Crippen molar-refractivity contribution in [1.29, 1.82) is 0 Å². The Balaban J connectivity index is 2.25. The summed E-state index contributed by atoms with van der Waals surface area (Å²) in [6.07, 6.45) is -4.57. The maximum atomic E-state index is 13.3. The van der Waals surface area contributed by atoms with Crippen molar-refractivity contribution in [2.45, 2.75) is 33.9 Å². The number of hydrogen-bond donors (Lipinski definition) is 2. The topological polar surface area (TPSA) is 76.0 Å². The number of alkyl halides is 3. The van der Waals surface area contributed by atoms with Crippen LogP contribution in [0.3, 0.4) is 0 Å². The van der Waals surface area contributed by atoms with Gasteiger partial charge in [0.25, 0.3) is 0 Å². The number of para-hydroxylation sites is 1. The quantitative estimate of drug-likeness (QED) is 0.852. The van der Waals surface area contributed by atoms with Crippen LogP contribution in [0.2, 0.25) is 0 Å². The lowest BCUT2D eigenvalue weighted by Gasteiger charge is -2.18. The highest BCUT2D eigenvalue weighted by Gasteiger charge is 2.34. The van der Waals surface area contributed by atoms with E-state index in [1.54, 1.807) is 27.7 Å². The van der Waals surface area contributed by atoms with Crippen LogP contribution in [0.25, 0.3) is 5.69 Å². The zero-order chi connectivity index (χ0) is 20.4. The molecule has 1 heterocycles. The van der Waals surface area contributed by atoms with Crippen LogP contribution in [-0.4, -0.2) is 28.1 Å². The van der Waals surface area contributed by atoms with Crippen molar-refractivity contribution in [2.75, 3.05) is 11.9 Å². The van der Waals surface area contributed by atoms with E-state index in [9.17, 15) is 22.8 Å². The van der Waals surface area contributed by atoms with Gasteiger partial charge in [-0.25, -0.2) is 4.68 Å². The second-order valence-electron chi connectivity index (χ2n) is 7.08. The Kier molecular flexibility index (Phi) is 5.62.